The number of nitrogens with one attached hydrogen (secondary N) is 2. The van der Waals surface area contributed by atoms with Crippen molar-refractivity contribution in [3.05, 3.63) is 17.8 Å². The minimum atomic E-state index is 0.476. The molecule has 0 bridgehead atoms. The van der Waals surface area contributed by atoms with E-state index in [1.165, 1.54) is 6.20 Å². The Labute approximate surface area is 89.5 Å². The van der Waals surface area contributed by atoms with Gasteiger partial charge >= 0.3 is 0 Å². The van der Waals surface area contributed by atoms with E-state index in [0.717, 1.165) is 13.1 Å². The van der Waals surface area contributed by atoms with Crippen molar-refractivity contribution in [1.29, 1.82) is 5.26 Å². The van der Waals surface area contributed by atoms with Gasteiger partial charge in [-0.25, -0.2) is 0 Å². The van der Waals surface area contributed by atoms with Crippen molar-refractivity contribution in [2.45, 2.75) is 6.92 Å². The van der Waals surface area contributed by atoms with Gasteiger partial charge in [-0.15, -0.1) is 5.10 Å². The second-order valence-electron chi connectivity index (χ2n) is 3.45. The van der Waals surface area contributed by atoms with Crippen molar-refractivity contribution < 1.29 is 0 Å². The molecule has 0 spiro atoms. The molecule has 80 valence electrons. The molecule has 5 nitrogen and oxygen atoms in total. The minimum Gasteiger partial charge on any atom is -0.367 e. The fraction of sp³-hybridized carbons (Fsp3) is 0.500. The van der Waals surface area contributed by atoms with Gasteiger partial charge in [0.05, 0.1) is 11.8 Å². The maximum Gasteiger partial charge on any atom is 0.166 e. The monoisotopic (exact) mass is 205 g/mol. The highest BCUT2D eigenvalue weighted by Crippen LogP contribution is 2.08. The third-order valence-electron chi connectivity index (χ3n) is 2.01. The van der Waals surface area contributed by atoms with Crippen molar-refractivity contribution in [2.75, 3.05) is 25.5 Å². The van der Waals surface area contributed by atoms with Gasteiger partial charge in [-0.2, -0.15) is 10.4 Å². The Hall–Kier alpha value is -1.67. The van der Waals surface area contributed by atoms with Crippen LogP contribution in [0.25, 0.3) is 0 Å². The van der Waals surface area contributed by atoms with Crippen molar-refractivity contribution in [3.8, 4) is 6.07 Å². The van der Waals surface area contributed by atoms with Crippen LogP contribution in [0.3, 0.4) is 0 Å². The van der Waals surface area contributed by atoms with E-state index in [9.17, 15) is 0 Å². The molecule has 0 aromatic carbocycles. The van der Waals surface area contributed by atoms with Crippen LogP contribution in [0.1, 0.15) is 12.5 Å². The molecule has 1 unspecified atom stereocenters. The number of nitriles is 1. The van der Waals surface area contributed by atoms with Crippen LogP contribution in [-0.2, 0) is 0 Å². The Balaban J connectivity index is 2.54. The van der Waals surface area contributed by atoms with Crippen LogP contribution < -0.4 is 10.6 Å². The maximum absolute atomic E-state index is 8.82. The van der Waals surface area contributed by atoms with Crippen molar-refractivity contribution in [1.82, 2.24) is 15.5 Å². The zero-order valence-corrected chi connectivity index (χ0v) is 8.99. The summed E-state index contributed by atoms with van der Waals surface area (Å²) in [6.45, 7) is 3.81. The minimum absolute atomic E-state index is 0.476. The largest absolute Gasteiger partial charge is 0.367 e. The van der Waals surface area contributed by atoms with E-state index >= 15 is 0 Å². The van der Waals surface area contributed by atoms with Gasteiger partial charge in [-0.05, 0) is 25.6 Å². The van der Waals surface area contributed by atoms with Crippen molar-refractivity contribution in [3.63, 3.8) is 0 Å². The number of aromatic nitrogens is 2. The summed E-state index contributed by atoms with van der Waals surface area (Å²) in [6, 6.07) is 3.72. The maximum atomic E-state index is 8.82. The number of hydrogen-bond donors (Lipinski definition) is 2. The molecule has 0 saturated carbocycles. The first-order valence-corrected chi connectivity index (χ1v) is 4.88. The Morgan fingerprint density at radius 1 is 1.53 bits per heavy atom. The lowest BCUT2D eigenvalue weighted by molar-refractivity contribution is 0.568. The summed E-state index contributed by atoms with van der Waals surface area (Å²) in [5, 5.41) is 22.6. The molecule has 0 aliphatic rings. The second kappa shape index (κ2) is 5.94. The van der Waals surface area contributed by atoms with Crippen LogP contribution in [0.5, 0.6) is 0 Å². The molecule has 1 rings (SSSR count). The highest BCUT2D eigenvalue weighted by Gasteiger charge is 2.05. The number of anilines is 1. The van der Waals surface area contributed by atoms with E-state index in [0.29, 0.717) is 17.3 Å². The highest BCUT2D eigenvalue weighted by molar-refractivity contribution is 5.49. The molecule has 0 fully saturated rings. The van der Waals surface area contributed by atoms with Crippen LogP contribution in [0.15, 0.2) is 12.3 Å². The third-order valence-corrected chi connectivity index (χ3v) is 2.01. The first kappa shape index (κ1) is 11.4. The average Bonchev–Trinajstić information content (AvgIpc) is 2.27. The van der Waals surface area contributed by atoms with Crippen LogP contribution in [-0.4, -0.2) is 30.3 Å². The third kappa shape index (κ3) is 3.52. The molecule has 0 radical (unpaired) electrons. The summed E-state index contributed by atoms with van der Waals surface area (Å²) in [7, 11) is 1.92. The lowest BCUT2D eigenvalue weighted by atomic mass is 10.2. The molecule has 1 atom stereocenters. The van der Waals surface area contributed by atoms with E-state index in [-0.39, 0.29) is 0 Å². The molecule has 1 aromatic heterocycles. The second-order valence-corrected chi connectivity index (χ2v) is 3.45. The Morgan fingerprint density at radius 3 is 3.00 bits per heavy atom. The van der Waals surface area contributed by atoms with Gasteiger partial charge in [0.25, 0.3) is 0 Å². The molecule has 0 aliphatic heterocycles. The molecule has 0 amide bonds. The van der Waals surface area contributed by atoms with Crippen LogP contribution in [0, 0.1) is 17.2 Å². The summed E-state index contributed by atoms with van der Waals surface area (Å²) in [4.78, 5) is 0. The Kier molecular flexibility index (Phi) is 4.51. The smallest absolute Gasteiger partial charge is 0.166 e. The predicted octanol–water partition coefficient (Wildman–Crippen LogP) is 0.616. The Bertz CT molecular complexity index is 344. The first-order valence-electron chi connectivity index (χ1n) is 4.88. The average molecular weight is 205 g/mol. The highest BCUT2D eigenvalue weighted by atomic mass is 15.2. The lowest BCUT2D eigenvalue weighted by Gasteiger charge is -2.12. The first-order chi connectivity index (χ1) is 7.27. The standard InChI is InChI=1S/C10H15N5/c1-8(6-12-2)7-13-10-9(5-11)3-4-14-15-10/h3-4,8,12H,6-7H2,1-2H3,(H,13,15). The van der Waals surface area contributed by atoms with Gasteiger partial charge in [0, 0.05) is 6.54 Å². The quantitative estimate of drug-likeness (QED) is 0.737. The van der Waals surface area contributed by atoms with Crippen molar-refractivity contribution >= 4 is 5.82 Å². The topological polar surface area (TPSA) is 73.6 Å². The number of rotatable bonds is 5. The molecular formula is C10H15N5. The van der Waals surface area contributed by atoms with Gasteiger partial charge < -0.3 is 10.6 Å². The molecule has 5 heteroatoms. The van der Waals surface area contributed by atoms with Crippen LogP contribution in [0.4, 0.5) is 5.82 Å². The van der Waals surface area contributed by atoms with Gasteiger partial charge in [0.15, 0.2) is 5.82 Å². The fourth-order valence-corrected chi connectivity index (χ4v) is 1.24. The molecule has 0 aliphatic carbocycles. The normalized spacial score (nSPS) is 11.8. The zero-order chi connectivity index (χ0) is 11.1. The zero-order valence-electron chi connectivity index (χ0n) is 8.99. The Morgan fingerprint density at radius 2 is 2.33 bits per heavy atom. The summed E-state index contributed by atoms with van der Waals surface area (Å²) in [5.74, 6) is 1.03. The van der Waals surface area contributed by atoms with Gasteiger partial charge in [0.1, 0.15) is 6.07 Å². The van der Waals surface area contributed by atoms with Crippen LogP contribution in [0.2, 0.25) is 0 Å². The molecule has 1 heterocycles. The molecule has 1 aromatic rings. The fourth-order valence-electron chi connectivity index (χ4n) is 1.24. The van der Waals surface area contributed by atoms with Crippen LogP contribution >= 0.6 is 0 Å². The van der Waals surface area contributed by atoms with Crippen molar-refractivity contribution in [2.24, 2.45) is 5.92 Å². The van der Waals surface area contributed by atoms with E-state index in [2.05, 4.69) is 33.8 Å². The summed E-state index contributed by atoms with van der Waals surface area (Å²) < 4.78 is 0. The summed E-state index contributed by atoms with van der Waals surface area (Å²) in [5.41, 5.74) is 0.529. The van der Waals surface area contributed by atoms with Gasteiger partial charge in [-0.3, -0.25) is 0 Å². The van der Waals surface area contributed by atoms with E-state index in [1.54, 1.807) is 6.07 Å². The lowest BCUT2D eigenvalue weighted by Crippen LogP contribution is -2.23. The number of nitrogens with zero attached hydrogens (tertiary/aromatic N) is 3. The molecule has 0 saturated heterocycles. The SMILES string of the molecule is CNCC(C)CNc1nnccc1C#N. The van der Waals surface area contributed by atoms with Gasteiger partial charge in [-0.1, -0.05) is 6.92 Å². The van der Waals surface area contributed by atoms with E-state index in [4.69, 9.17) is 5.26 Å². The molecular weight excluding hydrogens is 190 g/mol. The van der Waals surface area contributed by atoms with E-state index in [1.807, 2.05) is 7.05 Å². The predicted molar refractivity (Wildman–Crippen MR) is 58.3 cm³/mol. The summed E-state index contributed by atoms with van der Waals surface area (Å²) in [6.07, 6.45) is 1.51. The van der Waals surface area contributed by atoms with E-state index < -0.39 is 0 Å². The number of hydrogen-bond acceptors (Lipinski definition) is 5. The molecule has 2 N–H and O–H groups in total. The molecule has 15 heavy (non-hydrogen) atoms. The summed E-state index contributed by atoms with van der Waals surface area (Å²) >= 11 is 0. The van der Waals surface area contributed by atoms with Gasteiger partial charge in [0.2, 0.25) is 0 Å².